The van der Waals surface area contributed by atoms with Crippen LogP contribution in [0.3, 0.4) is 0 Å². The molecular weight excluding hydrogens is 216 g/mol. The molecule has 0 amide bonds. The van der Waals surface area contributed by atoms with E-state index in [2.05, 4.69) is 0 Å². The maximum atomic E-state index is 11.2. The van der Waals surface area contributed by atoms with Crippen molar-refractivity contribution in [1.82, 2.24) is 0 Å². The topological polar surface area (TPSA) is 46.5 Å². The first-order valence-corrected chi connectivity index (χ1v) is 5.36. The molecule has 2 aromatic carbocycles. The van der Waals surface area contributed by atoms with Gasteiger partial charge in [0.15, 0.2) is 0 Å². The molecule has 0 atom stereocenters. The first kappa shape index (κ1) is 9.90. The molecule has 1 heterocycles. The largest absolute Gasteiger partial charge is 0.488 e. The minimum atomic E-state index is -0.929. The highest BCUT2D eigenvalue weighted by atomic mass is 16.5. The van der Waals surface area contributed by atoms with E-state index < -0.39 is 5.97 Å². The Morgan fingerprint density at radius 1 is 1.29 bits per heavy atom. The van der Waals surface area contributed by atoms with E-state index in [9.17, 15) is 9.90 Å². The lowest BCUT2D eigenvalue weighted by Gasteiger charge is -2.17. The van der Waals surface area contributed by atoms with Crippen molar-refractivity contribution in [3.05, 3.63) is 47.5 Å². The number of carboxylic acid groups (broad SMARTS) is 1. The number of carboxylic acids is 1. The van der Waals surface area contributed by atoms with Crippen LogP contribution in [0.15, 0.2) is 36.4 Å². The smallest absolute Gasteiger partial charge is 0.336 e. The van der Waals surface area contributed by atoms with Gasteiger partial charge in [-0.05, 0) is 17.5 Å². The lowest BCUT2D eigenvalue weighted by Crippen LogP contribution is -2.07. The van der Waals surface area contributed by atoms with Gasteiger partial charge in [-0.15, -0.1) is 0 Å². The van der Waals surface area contributed by atoms with Gasteiger partial charge < -0.3 is 9.84 Å². The molecule has 0 radical (unpaired) electrons. The minimum absolute atomic E-state index is 0.287. The number of ether oxygens (including phenoxy) is 1. The van der Waals surface area contributed by atoms with E-state index >= 15 is 0 Å². The monoisotopic (exact) mass is 226 g/mol. The van der Waals surface area contributed by atoms with Crippen LogP contribution < -0.4 is 4.74 Å². The molecule has 0 spiro atoms. The molecule has 0 unspecified atom stereocenters. The number of aromatic carboxylic acids is 1. The van der Waals surface area contributed by atoms with E-state index in [4.69, 9.17) is 4.74 Å². The van der Waals surface area contributed by atoms with E-state index in [0.29, 0.717) is 17.9 Å². The van der Waals surface area contributed by atoms with Gasteiger partial charge in [-0.1, -0.05) is 30.3 Å². The average Bonchev–Trinajstić information content (AvgIpc) is 2.37. The minimum Gasteiger partial charge on any atom is -0.488 e. The van der Waals surface area contributed by atoms with Gasteiger partial charge in [0.25, 0.3) is 0 Å². The zero-order chi connectivity index (χ0) is 11.8. The van der Waals surface area contributed by atoms with Gasteiger partial charge in [0.05, 0.1) is 5.56 Å². The van der Waals surface area contributed by atoms with Crippen LogP contribution in [0.4, 0.5) is 0 Å². The lowest BCUT2D eigenvalue weighted by atomic mass is 9.98. The van der Waals surface area contributed by atoms with Crippen molar-refractivity contribution in [2.45, 2.75) is 0 Å². The third-order valence-electron chi connectivity index (χ3n) is 2.88. The Labute approximate surface area is 97.9 Å². The molecule has 2 aromatic rings. The zero-order valence-electron chi connectivity index (χ0n) is 9.01. The number of rotatable bonds is 1. The molecule has 3 rings (SSSR count). The normalized spacial score (nSPS) is 13.2. The Balaban J connectivity index is 2.44. The van der Waals surface area contributed by atoms with E-state index in [1.165, 1.54) is 0 Å². The van der Waals surface area contributed by atoms with Crippen LogP contribution in [0.25, 0.3) is 16.8 Å². The molecule has 0 saturated carbocycles. The molecule has 0 aliphatic carbocycles. The van der Waals surface area contributed by atoms with Gasteiger partial charge >= 0.3 is 5.97 Å². The fourth-order valence-electron chi connectivity index (χ4n) is 2.13. The van der Waals surface area contributed by atoms with E-state index in [1.54, 1.807) is 6.07 Å². The van der Waals surface area contributed by atoms with Crippen molar-refractivity contribution in [2.75, 3.05) is 6.61 Å². The summed E-state index contributed by atoms with van der Waals surface area (Å²) >= 11 is 0. The summed E-state index contributed by atoms with van der Waals surface area (Å²) < 4.78 is 5.58. The van der Waals surface area contributed by atoms with Gasteiger partial charge in [-0.25, -0.2) is 4.79 Å². The van der Waals surface area contributed by atoms with Gasteiger partial charge in [-0.3, -0.25) is 0 Å². The Morgan fingerprint density at radius 3 is 2.94 bits per heavy atom. The third-order valence-corrected chi connectivity index (χ3v) is 2.88. The molecule has 0 aromatic heterocycles. The van der Waals surface area contributed by atoms with Crippen molar-refractivity contribution in [3.63, 3.8) is 0 Å². The second-order valence-electron chi connectivity index (χ2n) is 3.91. The SMILES string of the molecule is O=C(O)c1cc2ccccc2c2c1C=CCO2. The molecule has 84 valence electrons. The van der Waals surface area contributed by atoms with Gasteiger partial charge in [0.2, 0.25) is 0 Å². The summed E-state index contributed by atoms with van der Waals surface area (Å²) in [5, 5.41) is 11.1. The van der Waals surface area contributed by atoms with Crippen molar-refractivity contribution in [1.29, 1.82) is 0 Å². The Bertz CT molecular complexity index is 641. The van der Waals surface area contributed by atoms with Crippen LogP contribution in [0.5, 0.6) is 5.75 Å². The summed E-state index contributed by atoms with van der Waals surface area (Å²) in [6.07, 6.45) is 3.64. The molecular formula is C14H10O3. The van der Waals surface area contributed by atoms with Crippen molar-refractivity contribution >= 4 is 22.8 Å². The Kier molecular flexibility index (Phi) is 2.11. The summed E-state index contributed by atoms with van der Waals surface area (Å²) in [7, 11) is 0. The molecule has 1 aliphatic rings. The standard InChI is InChI=1S/C14H10O3/c15-14(16)12-8-9-4-1-2-5-10(9)13-11(12)6-3-7-17-13/h1-6,8H,7H2,(H,15,16). The molecule has 1 aliphatic heterocycles. The summed E-state index contributed by atoms with van der Waals surface area (Å²) in [5.74, 6) is -0.259. The first-order valence-electron chi connectivity index (χ1n) is 5.36. The number of hydrogen-bond acceptors (Lipinski definition) is 2. The lowest BCUT2D eigenvalue weighted by molar-refractivity contribution is 0.0696. The van der Waals surface area contributed by atoms with Crippen molar-refractivity contribution < 1.29 is 14.6 Å². The summed E-state index contributed by atoms with van der Waals surface area (Å²) in [5.41, 5.74) is 0.942. The zero-order valence-corrected chi connectivity index (χ0v) is 9.01. The molecule has 17 heavy (non-hydrogen) atoms. The van der Waals surface area contributed by atoms with Crippen molar-refractivity contribution in [3.8, 4) is 5.75 Å². The quantitative estimate of drug-likeness (QED) is 0.813. The Morgan fingerprint density at radius 2 is 2.12 bits per heavy atom. The van der Waals surface area contributed by atoms with Crippen LogP contribution in [-0.4, -0.2) is 17.7 Å². The van der Waals surface area contributed by atoms with Crippen LogP contribution >= 0.6 is 0 Å². The maximum absolute atomic E-state index is 11.2. The summed E-state index contributed by atoms with van der Waals surface area (Å²) in [6, 6.07) is 9.34. The fourth-order valence-corrected chi connectivity index (χ4v) is 2.13. The predicted octanol–water partition coefficient (Wildman–Crippen LogP) is 2.94. The molecule has 3 heteroatoms. The van der Waals surface area contributed by atoms with Gasteiger partial charge in [0, 0.05) is 10.9 Å². The molecule has 1 N–H and O–H groups in total. The Hall–Kier alpha value is -2.29. The molecule has 0 bridgehead atoms. The predicted molar refractivity (Wildman–Crippen MR) is 65.4 cm³/mol. The summed E-state index contributed by atoms with van der Waals surface area (Å²) in [4.78, 5) is 11.2. The van der Waals surface area contributed by atoms with Gasteiger partial charge in [0.1, 0.15) is 12.4 Å². The third kappa shape index (κ3) is 1.47. The van der Waals surface area contributed by atoms with Gasteiger partial charge in [-0.2, -0.15) is 0 Å². The van der Waals surface area contributed by atoms with Crippen LogP contribution in [0.2, 0.25) is 0 Å². The van der Waals surface area contributed by atoms with Crippen molar-refractivity contribution in [2.24, 2.45) is 0 Å². The van der Waals surface area contributed by atoms with E-state index in [0.717, 1.165) is 10.8 Å². The highest BCUT2D eigenvalue weighted by Gasteiger charge is 2.18. The second kappa shape index (κ2) is 3.63. The highest BCUT2D eigenvalue weighted by molar-refractivity contribution is 6.02. The van der Waals surface area contributed by atoms with Crippen LogP contribution in [0.1, 0.15) is 15.9 Å². The van der Waals surface area contributed by atoms with E-state index in [1.807, 2.05) is 36.4 Å². The molecule has 0 fully saturated rings. The molecule has 3 nitrogen and oxygen atoms in total. The fraction of sp³-hybridized carbons (Fsp3) is 0.0714. The number of hydrogen-bond donors (Lipinski definition) is 1. The highest BCUT2D eigenvalue weighted by Crippen LogP contribution is 2.35. The van der Waals surface area contributed by atoms with Crippen LogP contribution in [0, 0.1) is 0 Å². The maximum Gasteiger partial charge on any atom is 0.336 e. The number of fused-ring (bicyclic) bond motifs is 3. The molecule has 0 saturated heterocycles. The summed E-state index contributed by atoms with van der Waals surface area (Å²) in [6.45, 7) is 0.486. The first-order chi connectivity index (χ1) is 8.27. The average molecular weight is 226 g/mol. The number of carbonyl (C=O) groups is 1. The number of benzene rings is 2. The second-order valence-corrected chi connectivity index (χ2v) is 3.91. The van der Waals surface area contributed by atoms with Crippen LogP contribution in [-0.2, 0) is 0 Å². The van der Waals surface area contributed by atoms with E-state index in [-0.39, 0.29) is 5.56 Å².